The molecule has 0 unspecified atom stereocenters. The van der Waals surface area contributed by atoms with Crippen LogP contribution in [0.15, 0.2) is 23.1 Å². The second-order valence-electron chi connectivity index (χ2n) is 5.69. The third-order valence-electron chi connectivity index (χ3n) is 4.22. The van der Waals surface area contributed by atoms with Crippen molar-refractivity contribution in [3.05, 3.63) is 23.8 Å². The van der Waals surface area contributed by atoms with Gasteiger partial charge in [0, 0.05) is 37.9 Å². The molecular formula is C14H21N3O2S. The first-order valence-electron chi connectivity index (χ1n) is 7.09. The molecule has 0 amide bonds. The summed E-state index contributed by atoms with van der Waals surface area (Å²) in [7, 11) is -3.38. The fourth-order valence-electron chi connectivity index (χ4n) is 2.71. The van der Waals surface area contributed by atoms with E-state index in [1.54, 1.807) is 22.5 Å². The molecule has 0 atom stereocenters. The Bertz CT molecular complexity index is 603. The minimum atomic E-state index is -3.38. The number of benzene rings is 1. The minimum Gasteiger partial charge on any atom is -0.399 e. The number of nitrogens with zero attached hydrogens (tertiary/aromatic N) is 2. The normalized spacial score (nSPS) is 22.1. The van der Waals surface area contributed by atoms with E-state index in [4.69, 9.17) is 5.73 Å². The van der Waals surface area contributed by atoms with Gasteiger partial charge in [0.15, 0.2) is 0 Å². The molecule has 0 spiro atoms. The van der Waals surface area contributed by atoms with Crippen LogP contribution in [0.2, 0.25) is 0 Å². The van der Waals surface area contributed by atoms with Crippen molar-refractivity contribution in [3.63, 3.8) is 0 Å². The van der Waals surface area contributed by atoms with E-state index in [0.29, 0.717) is 29.7 Å². The smallest absolute Gasteiger partial charge is 0.243 e. The summed E-state index contributed by atoms with van der Waals surface area (Å²) in [5, 5.41) is 0. The first kappa shape index (κ1) is 13.9. The van der Waals surface area contributed by atoms with E-state index in [-0.39, 0.29) is 0 Å². The summed E-state index contributed by atoms with van der Waals surface area (Å²) in [4.78, 5) is 2.75. The van der Waals surface area contributed by atoms with Gasteiger partial charge < -0.3 is 5.73 Å². The second kappa shape index (κ2) is 5.02. The van der Waals surface area contributed by atoms with Crippen molar-refractivity contribution in [3.8, 4) is 0 Å². The molecule has 6 heteroatoms. The summed E-state index contributed by atoms with van der Waals surface area (Å²) in [5.41, 5.74) is 7.19. The van der Waals surface area contributed by atoms with Crippen molar-refractivity contribution in [1.82, 2.24) is 9.21 Å². The molecule has 1 aromatic rings. The lowest BCUT2D eigenvalue weighted by Crippen LogP contribution is -2.49. The Morgan fingerprint density at radius 1 is 1.15 bits per heavy atom. The average molecular weight is 295 g/mol. The summed E-state index contributed by atoms with van der Waals surface area (Å²) in [6.45, 7) is 4.69. The lowest BCUT2D eigenvalue weighted by Gasteiger charge is -2.34. The molecule has 2 fully saturated rings. The van der Waals surface area contributed by atoms with Gasteiger partial charge in [0.25, 0.3) is 0 Å². The van der Waals surface area contributed by atoms with Gasteiger partial charge in [-0.25, -0.2) is 8.42 Å². The Labute approximate surface area is 120 Å². The first-order valence-corrected chi connectivity index (χ1v) is 8.53. The Morgan fingerprint density at radius 2 is 1.80 bits per heavy atom. The fourth-order valence-corrected chi connectivity index (χ4v) is 4.21. The summed E-state index contributed by atoms with van der Waals surface area (Å²) in [6.07, 6.45) is 2.54. The van der Waals surface area contributed by atoms with Gasteiger partial charge in [-0.05, 0) is 43.5 Å². The van der Waals surface area contributed by atoms with Crippen LogP contribution < -0.4 is 5.73 Å². The van der Waals surface area contributed by atoms with E-state index in [2.05, 4.69) is 4.90 Å². The molecule has 20 heavy (non-hydrogen) atoms. The number of piperazine rings is 1. The number of anilines is 1. The van der Waals surface area contributed by atoms with Crippen molar-refractivity contribution in [2.24, 2.45) is 0 Å². The molecule has 1 aromatic carbocycles. The summed E-state index contributed by atoms with van der Waals surface area (Å²) in [6, 6.07) is 5.64. The van der Waals surface area contributed by atoms with Crippen LogP contribution in [-0.4, -0.2) is 49.8 Å². The number of rotatable bonds is 3. The van der Waals surface area contributed by atoms with E-state index in [1.807, 2.05) is 6.92 Å². The minimum absolute atomic E-state index is 0.351. The maximum Gasteiger partial charge on any atom is 0.243 e. The predicted octanol–water partition coefficient (Wildman–Crippen LogP) is 1.05. The maximum absolute atomic E-state index is 12.6. The molecule has 2 N–H and O–H groups in total. The molecule has 1 heterocycles. The van der Waals surface area contributed by atoms with Crippen molar-refractivity contribution in [2.75, 3.05) is 31.9 Å². The number of hydrogen-bond acceptors (Lipinski definition) is 4. The highest BCUT2D eigenvalue weighted by atomic mass is 32.2. The molecule has 1 aliphatic carbocycles. The van der Waals surface area contributed by atoms with E-state index in [1.165, 1.54) is 12.8 Å². The van der Waals surface area contributed by atoms with Gasteiger partial charge in [0.05, 0.1) is 4.90 Å². The molecule has 1 saturated heterocycles. The second-order valence-corrected chi connectivity index (χ2v) is 7.63. The van der Waals surface area contributed by atoms with Gasteiger partial charge >= 0.3 is 0 Å². The summed E-state index contributed by atoms with van der Waals surface area (Å²) in [5.74, 6) is 0. The fraction of sp³-hybridized carbons (Fsp3) is 0.571. The Balaban J connectivity index is 1.76. The molecule has 1 saturated carbocycles. The van der Waals surface area contributed by atoms with Gasteiger partial charge in [-0.1, -0.05) is 0 Å². The Hall–Kier alpha value is -1.11. The molecule has 1 aliphatic heterocycles. The zero-order valence-corrected chi connectivity index (χ0v) is 12.6. The monoisotopic (exact) mass is 295 g/mol. The highest BCUT2D eigenvalue weighted by Crippen LogP contribution is 2.29. The lowest BCUT2D eigenvalue weighted by atomic mass is 10.2. The van der Waals surface area contributed by atoms with Gasteiger partial charge in [-0.15, -0.1) is 0 Å². The topological polar surface area (TPSA) is 66.6 Å². The van der Waals surface area contributed by atoms with Crippen LogP contribution in [0.5, 0.6) is 0 Å². The predicted molar refractivity (Wildman–Crippen MR) is 78.9 cm³/mol. The summed E-state index contributed by atoms with van der Waals surface area (Å²) < 4.78 is 26.8. The molecule has 0 aromatic heterocycles. The van der Waals surface area contributed by atoms with Crippen LogP contribution in [0.4, 0.5) is 5.69 Å². The Kier molecular flexibility index (Phi) is 3.48. The number of nitrogens with two attached hydrogens (primary N) is 1. The van der Waals surface area contributed by atoms with E-state index in [9.17, 15) is 8.42 Å². The molecule has 0 bridgehead atoms. The highest BCUT2D eigenvalue weighted by Gasteiger charge is 2.34. The molecule has 0 radical (unpaired) electrons. The zero-order valence-electron chi connectivity index (χ0n) is 11.7. The summed E-state index contributed by atoms with van der Waals surface area (Å²) >= 11 is 0. The van der Waals surface area contributed by atoms with Crippen LogP contribution in [0.3, 0.4) is 0 Å². The number of nitrogen functional groups attached to an aromatic ring is 1. The molecule has 3 rings (SSSR count). The van der Waals surface area contributed by atoms with Gasteiger partial charge in [0.2, 0.25) is 10.0 Å². The number of aryl methyl sites for hydroxylation is 1. The molecule has 5 nitrogen and oxygen atoms in total. The van der Waals surface area contributed by atoms with Crippen molar-refractivity contribution in [1.29, 1.82) is 0 Å². The third kappa shape index (κ3) is 2.55. The maximum atomic E-state index is 12.6. The number of hydrogen-bond donors (Lipinski definition) is 1. The standard InChI is InChI=1S/C14H21N3O2S/c1-11-10-13(4-5-14(11)15)20(18,19)17-8-6-16(7-9-17)12-2-3-12/h4-5,10,12H,2-3,6-9,15H2,1H3. The van der Waals surface area contributed by atoms with Crippen molar-refractivity contribution >= 4 is 15.7 Å². The van der Waals surface area contributed by atoms with Crippen LogP contribution >= 0.6 is 0 Å². The Morgan fingerprint density at radius 3 is 2.35 bits per heavy atom. The largest absolute Gasteiger partial charge is 0.399 e. The van der Waals surface area contributed by atoms with Gasteiger partial charge in [0.1, 0.15) is 0 Å². The van der Waals surface area contributed by atoms with Crippen LogP contribution in [0.25, 0.3) is 0 Å². The van der Waals surface area contributed by atoms with Crippen LogP contribution in [0, 0.1) is 6.92 Å². The third-order valence-corrected chi connectivity index (χ3v) is 6.11. The zero-order chi connectivity index (χ0) is 14.3. The van der Waals surface area contributed by atoms with Crippen molar-refractivity contribution < 1.29 is 8.42 Å². The van der Waals surface area contributed by atoms with E-state index >= 15 is 0 Å². The van der Waals surface area contributed by atoms with E-state index in [0.717, 1.165) is 18.7 Å². The van der Waals surface area contributed by atoms with Crippen molar-refractivity contribution in [2.45, 2.75) is 30.7 Å². The van der Waals surface area contributed by atoms with Gasteiger partial charge in [-0.3, -0.25) is 4.90 Å². The first-order chi connectivity index (χ1) is 9.48. The molecule has 2 aliphatic rings. The highest BCUT2D eigenvalue weighted by molar-refractivity contribution is 7.89. The lowest BCUT2D eigenvalue weighted by molar-refractivity contribution is 0.180. The quantitative estimate of drug-likeness (QED) is 0.846. The van der Waals surface area contributed by atoms with Crippen LogP contribution in [-0.2, 0) is 10.0 Å². The SMILES string of the molecule is Cc1cc(S(=O)(=O)N2CCN(C3CC3)CC2)ccc1N. The molecular weight excluding hydrogens is 274 g/mol. The van der Waals surface area contributed by atoms with Crippen LogP contribution in [0.1, 0.15) is 18.4 Å². The van der Waals surface area contributed by atoms with Gasteiger partial charge in [-0.2, -0.15) is 4.31 Å². The molecule has 110 valence electrons. The number of sulfonamides is 1. The average Bonchev–Trinajstić information content (AvgIpc) is 3.26. The van der Waals surface area contributed by atoms with E-state index < -0.39 is 10.0 Å².